The van der Waals surface area contributed by atoms with E-state index in [4.69, 9.17) is 4.42 Å². The van der Waals surface area contributed by atoms with E-state index in [2.05, 4.69) is 274 Å². The minimum Gasteiger partial charge on any atom is -0.456 e. The Morgan fingerprint density at radius 2 is 0.778 bits per heavy atom. The van der Waals surface area contributed by atoms with Crippen LogP contribution in [0.25, 0.3) is 77.6 Å². The molecule has 0 amide bonds. The van der Waals surface area contributed by atoms with E-state index in [-0.39, 0.29) is 5.41 Å². The Bertz CT molecular complexity index is 4030. The smallest absolute Gasteiger partial charge is 0.137 e. The van der Waals surface area contributed by atoms with Crippen LogP contribution in [-0.4, -0.2) is 0 Å². The number of fused-ring (bicyclic) bond motifs is 12. The van der Waals surface area contributed by atoms with Crippen molar-refractivity contribution in [2.75, 3.05) is 4.90 Å². The molecular formula is C70H49NO. The van der Waals surface area contributed by atoms with Gasteiger partial charge in [0, 0.05) is 39.2 Å². The Hall–Kier alpha value is -8.98. The number of hydrogen-bond acceptors (Lipinski definition) is 2. The van der Waals surface area contributed by atoms with E-state index < -0.39 is 5.41 Å². The van der Waals surface area contributed by atoms with Crippen molar-refractivity contribution in [2.24, 2.45) is 0 Å². The maximum Gasteiger partial charge on any atom is 0.137 e. The van der Waals surface area contributed by atoms with Crippen LogP contribution in [0.3, 0.4) is 0 Å². The Balaban J connectivity index is 0.935. The Kier molecular flexibility index (Phi) is 9.50. The summed E-state index contributed by atoms with van der Waals surface area (Å²) in [5.41, 5.74) is 24.4. The summed E-state index contributed by atoms with van der Waals surface area (Å²) in [6, 6.07) is 95.9. The van der Waals surface area contributed by atoms with Gasteiger partial charge < -0.3 is 9.32 Å². The Labute approximate surface area is 420 Å². The molecule has 0 saturated carbocycles. The molecule has 2 aliphatic carbocycles. The van der Waals surface area contributed by atoms with Gasteiger partial charge in [-0.2, -0.15) is 0 Å². The topological polar surface area (TPSA) is 16.4 Å². The van der Waals surface area contributed by atoms with Crippen LogP contribution in [0.5, 0.6) is 0 Å². The highest BCUT2D eigenvalue weighted by Gasteiger charge is 2.53. The SMILES string of the molecule is CC1(C)c2ccccc2C2(c3ccccc3-c3ccc(-c4ccc(N(c5ccc6c(c5)oc5ccccc56)c5ccccc5-c5ccccc5-c5ccccc5-c5ccccc5)cc4)cc32)c2ccccc21. The third-order valence-electron chi connectivity index (χ3n) is 15.8. The monoisotopic (exact) mass is 919 g/mol. The molecule has 2 heteroatoms. The summed E-state index contributed by atoms with van der Waals surface area (Å²) < 4.78 is 6.58. The zero-order valence-corrected chi connectivity index (χ0v) is 40.2. The Morgan fingerprint density at radius 1 is 0.292 bits per heavy atom. The first-order chi connectivity index (χ1) is 35.5. The van der Waals surface area contributed by atoms with Gasteiger partial charge in [0.15, 0.2) is 0 Å². The third-order valence-corrected chi connectivity index (χ3v) is 15.8. The lowest BCUT2D eigenvalue weighted by atomic mass is 9.55. The van der Waals surface area contributed by atoms with Crippen molar-refractivity contribution in [1.82, 2.24) is 0 Å². The molecule has 0 radical (unpaired) electrons. The van der Waals surface area contributed by atoms with Crippen molar-refractivity contribution in [1.29, 1.82) is 0 Å². The first-order valence-electron chi connectivity index (χ1n) is 25.1. The number of nitrogens with zero attached hydrogens (tertiary/aromatic N) is 1. The molecule has 0 atom stereocenters. The number of benzene rings is 11. The second kappa shape index (κ2) is 16.3. The molecule has 11 aromatic carbocycles. The average Bonchev–Trinajstić information content (AvgIpc) is 3.96. The number of rotatable bonds is 7. The van der Waals surface area contributed by atoms with Gasteiger partial charge in [0.25, 0.3) is 0 Å². The molecule has 72 heavy (non-hydrogen) atoms. The van der Waals surface area contributed by atoms with Gasteiger partial charge in [0.1, 0.15) is 11.2 Å². The number of anilines is 3. The highest BCUT2D eigenvalue weighted by Crippen LogP contribution is 2.62. The summed E-state index contributed by atoms with van der Waals surface area (Å²) in [6.45, 7) is 4.77. The summed E-state index contributed by atoms with van der Waals surface area (Å²) in [4.78, 5) is 2.40. The molecule has 0 aliphatic heterocycles. The summed E-state index contributed by atoms with van der Waals surface area (Å²) in [7, 11) is 0. The molecule has 2 aliphatic rings. The highest BCUT2D eigenvalue weighted by molar-refractivity contribution is 6.07. The van der Waals surface area contributed by atoms with Gasteiger partial charge in [0.05, 0.1) is 11.1 Å². The van der Waals surface area contributed by atoms with E-state index in [9.17, 15) is 0 Å². The molecule has 340 valence electrons. The predicted octanol–water partition coefficient (Wildman–Crippen LogP) is 18.7. The number of hydrogen-bond donors (Lipinski definition) is 0. The molecule has 12 aromatic rings. The standard InChI is InChI=1S/C70H49NO/c1-69(2)61-30-14-16-32-63(61)70(64-33-17-15-31-62(64)69)60-29-13-10-26-55(60)56-42-38-48(44-65(56)70)46-36-39-49(40-37-46)71(50-41-43-59-58-28-12-19-35-67(58)72-68(59)45-50)66-34-18-11-27-57(66)54-25-9-8-24-53(54)52-23-7-6-22-51(52)47-20-4-3-5-21-47/h3-45H,1-2H3. The van der Waals surface area contributed by atoms with Crippen LogP contribution >= 0.6 is 0 Å². The number of furan rings is 1. The van der Waals surface area contributed by atoms with Gasteiger partial charge in [-0.05, 0) is 126 Å². The maximum absolute atomic E-state index is 6.58. The summed E-state index contributed by atoms with van der Waals surface area (Å²) in [6.07, 6.45) is 0. The van der Waals surface area contributed by atoms with Crippen LogP contribution in [0.15, 0.2) is 265 Å². The van der Waals surface area contributed by atoms with Crippen LogP contribution in [0.2, 0.25) is 0 Å². The second-order valence-corrected chi connectivity index (χ2v) is 19.9. The van der Waals surface area contributed by atoms with Crippen LogP contribution in [-0.2, 0) is 10.8 Å². The molecular weight excluding hydrogens is 871 g/mol. The quantitative estimate of drug-likeness (QED) is 0.158. The van der Waals surface area contributed by atoms with E-state index in [1.807, 2.05) is 6.07 Å². The normalized spacial score (nSPS) is 13.6. The zero-order chi connectivity index (χ0) is 48.0. The van der Waals surface area contributed by atoms with Crippen LogP contribution < -0.4 is 4.90 Å². The van der Waals surface area contributed by atoms with Crippen molar-refractivity contribution < 1.29 is 4.42 Å². The van der Waals surface area contributed by atoms with Gasteiger partial charge in [-0.25, -0.2) is 0 Å². The van der Waals surface area contributed by atoms with Crippen LogP contribution in [0.4, 0.5) is 17.1 Å². The first kappa shape index (κ1) is 41.9. The molecule has 0 unspecified atom stereocenters. The lowest BCUT2D eigenvalue weighted by Gasteiger charge is -2.46. The third kappa shape index (κ3) is 6.22. The molecule has 1 spiro atoms. The molecule has 14 rings (SSSR count). The summed E-state index contributed by atoms with van der Waals surface area (Å²) in [5.74, 6) is 0. The van der Waals surface area contributed by atoms with Gasteiger partial charge in [0.2, 0.25) is 0 Å². The van der Waals surface area contributed by atoms with Crippen molar-refractivity contribution >= 4 is 39.0 Å². The minimum absolute atomic E-state index is 0.155. The van der Waals surface area contributed by atoms with Gasteiger partial charge in [-0.15, -0.1) is 0 Å². The molecule has 0 fully saturated rings. The van der Waals surface area contributed by atoms with Gasteiger partial charge >= 0.3 is 0 Å². The van der Waals surface area contributed by atoms with Crippen molar-refractivity contribution in [3.8, 4) is 55.6 Å². The molecule has 1 aromatic heterocycles. The fourth-order valence-corrected chi connectivity index (χ4v) is 12.6. The average molecular weight is 920 g/mol. The van der Waals surface area contributed by atoms with E-state index in [1.165, 1.54) is 72.3 Å². The van der Waals surface area contributed by atoms with Gasteiger partial charge in [-0.3, -0.25) is 0 Å². The first-order valence-corrected chi connectivity index (χ1v) is 25.1. The molecule has 1 heterocycles. The van der Waals surface area contributed by atoms with E-state index in [0.29, 0.717) is 0 Å². The molecule has 0 N–H and O–H groups in total. The lowest BCUT2D eigenvalue weighted by Crippen LogP contribution is -2.40. The summed E-state index contributed by atoms with van der Waals surface area (Å²) in [5, 5.41) is 2.22. The van der Waals surface area contributed by atoms with E-state index in [1.54, 1.807) is 0 Å². The largest absolute Gasteiger partial charge is 0.456 e. The Morgan fingerprint density at radius 3 is 1.49 bits per heavy atom. The fraction of sp³-hybridized carbons (Fsp3) is 0.0571. The van der Waals surface area contributed by atoms with Crippen LogP contribution in [0.1, 0.15) is 47.2 Å². The second-order valence-electron chi connectivity index (χ2n) is 19.9. The lowest BCUT2D eigenvalue weighted by molar-refractivity contribution is 0.563. The van der Waals surface area contributed by atoms with E-state index >= 15 is 0 Å². The van der Waals surface area contributed by atoms with Crippen LogP contribution in [0, 0.1) is 0 Å². The van der Waals surface area contributed by atoms with Crippen molar-refractivity contribution in [2.45, 2.75) is 24.7 Å². The van der Waals surface area contributed by atoms with Gasteiger partial charge in [-0.1, -0.05) is 226 Å². The fourth-order valence-electron chi connectivity index (χ4n) is 12.6. The summed E-state index contributed by atoms with van der Waals surface area (Å²) >= 11 is 0. The molecule has 0 saturated heterocycles. The highest BCUT2D eigenvalue weighted by atomic mass is 16.3. The number of para-hydroxylation sites is 2. The van der Waals surface area contributed by atoms with Crippen molar-refractivity contribution in [3.63, 3.8) is 0 Å². The molecule has 0 bridgehead atoms. The van der Waals surface area contributed by atoms with Crippen molar-refractivity contribution in [3.05, 3.63) is 294 Å². The zero-order valence-electron chi connectivity index (χ0n) is 40.2. The predicted molar refractivity (Wildman–Crippen MR) is 300 cm³/mol. The van der Waals surface area contributed by atoms with E-state index in [0.717, 1.165) is 55.7 Å². The molecule has 2 nitrogen and oxygen atoms in total. The minimum atomic E-state index is -0.460. The maximum atomic E-state index is 6.58.